The molecule has 2 rings (SSSR count). The maximum absolute atomic E-state index is 13.3. The number of methoxy groups -OCH3 is 1. The van der Waals surface area contributed by atoms with Crippen LogP contribution in [0.1, 0.15) is 42.1 Å². The molecule has 5 nitrogen and oxygen atoms in total. The average Bonchev–Trinajstić information content (AvgIpc) is 2.85. The molecular weight excluding hydrogens is 325 g/mol. The van der Waals surface area contributed by atoms with Gasteiger partial charge in [0.15, 0.2) is 0 Å². The van der Waals surface area contributed by atoms with Gasteiger partial charge in [-0.25, -0.2) is 4.79 Å². The number of carbonyl (C=O) groups is 1. The monoisotopic (exact) mass is 348 g/mol. The van der Waals surface area contributed by atoms with Crippen LogP contribution in [-0.2, 0) is 17.5 Å². The SMILES string of the molecule is COCCCn1c(C2CCCN(C(=O)O)C2)cc(C(F)(F)F)c1C. The number of hydrogen-bond acceptors (Lipinski definition) is 2. The van der Waals surface area contributed by atoms with Gasteiger partial charge in [0.2, 0.25) is 0 Å². The summed E-state index contributed by atoms with van der Waals surface area (Å²) in [4.78, 5) is 12.5. The largest absolute Gasteiger partial charge is 0.465 e. The molecule has 1 saturated heterocycles. The Morgan fingerprint density at radius 1 is 1.46 bits per heavy atom. The van der Waals surface area contributed by atoms with Crippen LogP contribution in [0.2, 0.25) is 0 Å². The fourth-order valence-electron chi connectivity index (χ4n) is 3.35. The van der Waals surface area contributed by atoms with Gasteiger partial charge in [0.05, 0.1) is 5.56 Å². The summed E-state index contributed by atoms with van der Waals surface area (Å²) in [6, 6.07) is 1.19. The van der Waals surface area contributed by atoms with Crippen molar-refractivity contribution in [3.8, 4) is 0 Å². The molecule has 1 aliphatic rings. The lowest BCUT2D eigenvalue weighted by atomic mass is 9.94. The molecule has 24 heavy (non-hydrogen) atoms. The minimum absolute atomic E-state index is 0.182. The molecule has 8 heteroatoms. The predicted molar refractivity (Wildman–Crippen MR) is 82.2 cm³/mol. The van der Waals surface area contributed by atoms with Crippen molar-refractivity contribution >= 4 is 6.09 Å². The second-order valence-electron chi connectivity index (χ2n) is 6.13. The summed E-state index contributed by atoms with van der Waals surface area (Å²) in [6.07, 6.45) is -3.49. The molecule has 1 aromatic heterocycles. The highest BCUT2D eigenvalue weighted by Crippen LogP contribution is 2.38. The lowest BCUT2D eigenvalue weighted by Gasteiger charge is -2.31. The van der Waals surface area contributed by atoms with Crippen LogP contribution in [0, 0.1) is 6.92 Å². The van der Waals surface area contributed by atoms with Gasteiger partial charge in [0, 0.05) is 50.7 Å². The Bertz CT molecular complexity index is 584. The van der Waals surface area contributed by atoms with Crippen LogP contribution in [0.3, 0.4) is 0 Å². The number of rotatable bonds is 5. The van der Waals surface area contributed by atoms with E-state index >= 15 is 0 Å². The van der Waals surface area contributed by atoms with Gasteiger partial charge in [0.1, 0.15) is 0 Å². The van der Waals surface area contributed by atoms with Crippen LogP contribution < -0.4 is 0 Å². The number of carboxylic acid groups (broad SMARTS) is 1. The first-order chi connectivity index (χ1) is 11.3. The van der Waals surface area contributed by atoms with Crippen LogP contribution in [0.25, 0.3) is 0 Å². The minimum Gasteiger partial charge on any atom is -0.465 e. The second kappa shape index (κ2) is 7.46. The lowest BCUT2D eigenvalue weighted by molar-refractivity contribution is -0.138. The topological polar surface area (TPSA) is 54.7 Å². The third kappa shape index (κ3) is 4.03. The Morgan fingerprint density at radius 3 is 2.75 bits per heavy atom. The molecule has 0 radical (unpaired) electrons. The number of ether oxygens (including phenoxy) is 1. The first kappa shape index (κ1) is 18.6. The highest BCUT2D eigenvalue weighted by Gasteiger charge is 2.37. The van der Waals surface area contributed by atoms with Crippen molar-refractivity contribution in [3.05, 3.63) is 23.0 Å². The zero-order valence-electron chi connectivity index (χ0n) is 13.9. The summed E-state index contributed by atoms with van der Waals surface area (Å²) in [5.41, 5.74) is 0.116. The number of likely N-dealkylation sites (tertiary alicyclic amines) is 1. The van der Waals surface area contributed by atoms with Gasteiger partial charge in [-0.2, -0.15) is 13.2 Å². The Balaban J connectivity index is 2.34. The number of halogens is 3. The van der Waals surface area contributed by atoms with Crippen molar-refractivity contribution in [1.29, 1.82) is 0 Å². The van der Waals surface area contributed by atoms with Gasteiger partial charge < -0.3 is 19.3 Å². The van der Waals surface area contributed by atoms with Crippen LogP contribution in [-0.4, -0.2) is 47.5 Å². The molecule has 1 aliphatic heterocycles. The van der Waals surface area contributed by atoms with E-state index in [4.69, 9.17) is 9.84 Å². The number of alkyl halides is 3. The Hall–Kier alpha value is -1.70. The molecule has 0 saturated carbocycles. The maximum atomic E-state index is 13.3. The summed E-state index contributed by atoms with van der Waals surface area (Å²) in [5.74, 6) is -0.216. The van der Waals surface area contributed by atoms with Crippen LogP contribution in [0.15, 0.2) is 6.07 Å². The van der Waals surface area contributed by atoms with Gasteiger partial charge >= 0.3 is 12.3 Å². The fourth-order valence-corrected chi connectivity index (χ4v) is 3.35. The number of hydrogen-bond donors (Lipinski definition) is 1. The second-order valence-corrected chi connectivity index (χ2v) is 6.13. The van der Waals surface area contributed by atoms with E-state index < -0.39 is 17.8 Å². The summed E-state index contributed by atoms with van der Waals surface area (Å²) in [5, 5.41) is 9.16. The quantitative estimate of drug-likeness (QED) is 0.826. The Kier molecular flexibility index (Phi) is 5.79. The van der Waals surface area contributed by atoms with Crippen LogP contribution >= 0.6 is 0 Å². The van der Waals surface area contributed by atoms with Crippen molar-refractivity contribution in [2.45, 2.75) is 44.8 Å². The summed E-state index contributed by atoms with van der Waals surface area (Å²) < 4.78 is 46.4. The van der Waals surface area contributed by atoms with Crippen LogP contribution in [0.4, 0.5) is 18.0 Å². The minimum atomic E-state index is -4.41. The van der Waals surface area contributed by atoms with E-state index in [1.807, 2.05) is 0 Å². The molecule has 0 bridgehead atoms. The van der Waals surface area contributed by atoms with Crippen molar-refractivity contribution in [2.24, 2.45) is 0 Å². The molecule has 1 amide bonds. The summed E-state index contributed by atoms with van der Waals surface area (Å²) in [6.45, 7) is 3.03. The standard InChI is InChI=1S/C16H23F3N2O3/c1-11-13(16(17,18)19)9-14(21(11)7-4-8-24-2)12-5-3-6-20(10-12)15(22)23/h9,12H,3-8,10H2,1-2H3,(H,22,23). The van der Waals surface area contributed by atoms with Gasteiger partial charge in [-0.3, -0.25) is 0 Å². The zero-order chi connectivity index (χ0) is 17.9. The zero-order valence-corrected chi connectivity index (χ0v) is 13.9. The lowest BCUT2D eigenvalue weighted by Crippen LogP contribution is -2.38. The van der Waals surface area contributed by atoms with Gasteiger partial charge in [-0.1, -0.05) is 0 Å². The average molecular weight is 348 g/mol. The van der Waals surface area contributed by atoms with E-state index in [0.29, 0.717) is 44.7 Å². The number of amides is 1. The first-order valence-electron chi connectivity index (χ1n) is 7.99. The fraction of sp³-hybridized carbons (Fsp3) is 0.688. The Labute approximate surface area is 139 Å². The molecule has 1 atom stereocenters. The number of piperidine rings is 1. The van der Waals surface area contributed by atoms with Gasteiger partial charge in [-0.05, 0) is 32.3 Å². The first-order valence-corrected chi connectivity index (χ1v) is 7.99. The van der Waals surface area contributed by atoms with E-state index in [-0.39, 0.29) is 18.2 Å². The number of aromatic nitrogens is 1. The highest BCUT2D eigenvalue weighted by atomic mass is 19.4. The normalized spacial score (nSPS) is 18.9. The van der Waals surface area contributed by atoms with E-state index in [1.165, 1.54) is 17.9 Å². The Morgan fingerprint density at radius 2 is 2.17 bits per heavy atom. The summed E-state index contributed by atoms with van der Waals surface area (Å²) >= 11 is 0. The van der Waals surface area contributed by atoms with Crippen molar-refractivity contribution < 1.29 is 27.8 Å². The third-order valence-corrected chi connectivity index (χ3v) is 4.54. The van der Waals surface area contributed by atoms with Crippen molar-refractivity contribution in [3.63, 3.8) is 0 Å². The van der Waals surface area contributed by atoms with Crippen LogP contribution in [0.5, 0.6) is 0 Å². The van der Waals surface area contributed by atoms with Crippen molar-refractivity contribution in [2.75, 3.05) is 26.8 Å². The van der Waals surface area contributed by atoms with E-state index in [2.05, 4.69) is 0 Å². The van der Waals surface area contributed by atoms with E-state index in [0.717, 1.165) is 0 Å². The maximum Gasteiger partial charge on any atom is 0.418 e. The van der Waals surface area contributed by atoms with E-state index in [9.17, 15) is 18.0 Å². The van der Waals surface area contributed by atoms with Crippen molar-refractivity contribution in [1.82, 2.24) is 9.47 Å². The molecule has 0 spiro atoms. The molecule has 0 aromatic carbocycles. The molecule has 0 aliphatic carbocycles. The molecule has 1 unspecified atom stereocenters. The smallest absolute Gasteiger partial charge is 0.418 e. The molecule has 2 heterocycles. The molecular formula is C16H23F3N2O3. The molecule has 1 N–H and O–H groups in total. The molecule has 1 aromatic rings. The van der Waals surface area contributed by atoms with Gasteiger partial charge in [0.25, 0.3) is 0 Å². The molecule has 136 valence electrons. The predicted octanol–water partition coefficient (Wildman–Crippen LogP) is 3.71. The van der Waals surface area contributed by atoms with E-state index in [1.54, 1.807) is 11.7 Å². The highest BCUT2D eigenvalue weighted by molar-refractivity contribution is 5.65. The third-order valence-electron chi connectivity index (χ3n) is 4.54. The van der Waals surface area contributed by atoms with Gasteiger partial charge in [-0.15, -0.1) is 0 Å². The summed E-state index contributed by atoms with van der Waals surface area (Å²) in [7, 11) is 1.55. The molecule has 1 fully saturated rings. The number of nitrogens with zero attached hydrogens (tertiary/aromatic N) is 2.